The predicted octanol–water partition coefficient (Wildman–Crippen LogP) is 3.73. The molecule has 0 saturated carbocycles. The van der Waals surface area contributed by atoms with Gasteiger partial charge in [0.15, 0.2) is 0 Å². The summed E-state index contributed by atoms with van der Waals surface area (Å²) in [6.07, 6.45) is 2.70. The fourth-order valence-corrected chi connectivity index (χ4v) is 6.66. The Hall–Kier alpha value is -1.42. The van der Waals surface area contributed by atoms with Gasteiger partial charge in [0.25, 0.3) is 10.0 Å². The second-order valence-electron chi connectivity index (χ2n) is 6.48. The number of sulfonamides is 2. The number of nitrogens with one attached hydrogen (secondary N) is 1. The van der Waals surface area contributed by atoms with Gasteiger partial charge in [-0.1, -0.05) is 24.6 Å². The molecule has 1 N–H and O–H groups in total. The monoisotopic (exact) mass is 472 g/mol. The molecule has 1 aliphatic rings. The number of anilines is 1. The van der Waals surface area contributed by atoms with Crippen LogP contribution in [-0.2, 0) is 20.0 Å². The Morgan fingerprint density at radius 2 is 1.63 bits per heavy atom. The summed E-state index contributed by atoms with van der Waals surface area (Å²) in [5.41, 5.74) is 0.895. The molecule has 3 rings (SSSR count). The largest absolute Gasteiger partial charge is 0.279 e. The number of hydrogen-bond acceptors (Lipinski definition) is 4. The molecule has 0 aliphatic carbocycles. The first-order chi connectivity index (χ1) is 12.7. The third-order valence-electron chi connectivity index (χ3n) is 4.53. The number of rotatable bonds is 5. The van der Waals surface area contributed by atoms with Gasteiger partial charge in [-0.15, -0.1) is 0 Å². The molecule has 0 radical (unpaired) electrons. The van der Waals surface area contributed by atoms with Crippen molar-refractivity contribution in [3.05, 3.63) is 52.5 Å². The van der Waals surface area contributed by atoms with Crippen LogP contribution in [0.3, 0.4) is 0 Å². The minimum Gasteiger partial charge on any atom is -0.279 e. The van der Waals surface area contributed by atoms with Crippen LogP contribution in [0.1, 0.15) is 24.8 Å². The lowest BCUT2D eigenvalue weighted by Gasteiger charge is -2.26. The van der Waals surface area contributed by atoms with E-state index in [1.54, 1.807) is 31.2 Å². The number of piperidine rings is 1. The van der Waals surface area contributed by atoms with Crippen molar-refractivity contribution >= 4 is 41.7 Å². The predicted molar refractivity (Wildman–Crippen MR) is 109 cm³/mol. The van der Waals surface area contributed by atoms with Gasteiger partial charge >= 0.3 is 0 Å². The maximum absolute atomic E-state index is 12.9. The lowest BCUT2D eigenvalue weighted by atomic mass is 10.2. The Balaban J connectivity index is 1.95. The second-order valence-corrected chi connectivity index (χ2v) is 10.9. The van der Waals surface area contributed by atoms with Crippen LogP contribution in [-0.4, -0.2) is 34.2 Å². The summed E-state index contributed by atoms with van der Waals surface area (Å²) in [6.45, 7) is 2.72. The Labute approximate surface area is 168 Å². The van der Waals surface area contributed by atoms with Gasteiger partial charge in [0.05, 0.1) is 10.6 Å². The van der Waals surface area contributed by atoms with Gasteiger partial charge in [-0.2, -0.15) is 4.31 Å². The van der Waals surface area contributed by atoms with Gasteiger partial charge in [-0.3, -0.25) is 4.72 Å². The van der Waals surface area contributed by atoms with Crippen LogP contribution in [0.4, 0.5) is 5.69 Å². The van der Waals surface area contributed by atoms with Crippen molar-refractivity contribution < 1.29 is 16.8 Å². The first-order valence-electron chi connectivity index (χ1n) is 8.60. The highest BCUT2D eigenvalue weighted by Gasteiger charge is 2.27. The van der Waals surface area contributed by atoms with Crippen molar-refractivity contribution in [2.45, 2.75) is 36.0 Å². The Kier molecular flexibility index (Phi) is 5.95. The standard InChI is InChI=1S/C18H21BrN2O4S2/c1-14-9-10-15(27(24,25)21-11-5-2-6-12-21)13-17(14)20-26(22,23)18-8-4-3-7-16(18)19/h3-4,7-10,13,20H,2,5-6,11-12H2,1H3. The molecule has 6 nitrogen and oxygen atoms in total. The molecule has 0 bridgehead atoms. The van der Waals surface area contributed by atoms with Crippen LogP contribution in [0.2, 0.25) is 0 Å². The zero-order valence-electron chi connectivity index (χ0n) is 14.9. The van der Waals surface area contributed by atoms with E-state index < -0.39 is 20.0 Å². The average Bonchev–Trinajstić information content (AvgIpc) is 2.64. The molecular formula is C18H21BrN2O4S2. The smallest absolute Gasteiger partial charge is 0.263 e. The molecule has 1 aliphatic heterocycles. The summed E-state index contributed by atoms with van der Waals surface area (Å²) >= 11 is 3.24. The molecule has 27 heavy (non-hydrogen) atoms. The molecule has 0 spiro atoms. The number of hydrogen-bond donors (Lipinski definition) is 1. The number of aryl methyl sites for hydroxylation is 1. The van der Waals surface area contributed by atoms with Gasteiger partial charge in [0.1, 0.15) is 4.90 Å². The summed E-state index contributed by atoms with van der Waals surface area (Å²) in [7, 11) is -7.50. The summed E-state index contributed by atoms with van der Waals surface area (Å²) in [5.74, 6) is 0. The second kappa shape index (κ2) is 7.90. The van der Waals surface area contributed by atoms with Crippen molar-refractivity contribution in [1.29, 1.82) is 0 Å². The van der Waals surface area contributed by atoms with Crippen molar-refractivity contribution in [3.63, 3.8) is 0 Å². The maximum atomic E-state index is 12.9. The van der Waals surface area contributed by atoms with Gasteiger partial charge in [-0.05, 0) is 65.5 Å². The highest BCUT2D eigenvalue weighted by atomic mass is 79.9. The van der Waals surface area contributed by atoms with Crippen molar-refractivity contribution in [1.82, 2.24) is 4.31 Å². The molecule has 9 heteroatoms. The maximum Gasteiger partial charge on any atom is 0.263 e. The fourth-order valence-electron chi connectivity index (χ4n) is 2.99. The first kappa shape index (κ1) is 20.3. The van der Waals surface area contributed by atoms with E-state index >= 15 is 0 Å². The van der Waals surface area contributed by atoms with E-state index in [0.29, 0.717) is 23.1 Å². The van der Waals surface area contributed by atoms with E-state index in [1.165, 1.54) is 22.5 Å². The molecule has 2 aromatic carbocycles. The lowest BCUT2D eigenvalue weighted by molar-refractivity contribution is 0.346. The van der Waals surface area contributed by atoms with Crippen LogP contribution in [0.25, 0.3) is 0 Å². The van der Waals surface area contributed by atoms with Gasteiger partial charge < -0.3 is 0 Å². The zero-order chi connectivity index (χ0) is 19.7. The van der Waals surface area contributed by atoms with Gasteiger partial charge in [0.2, 0.25) is 10.0 Å². The third-order valence-corrected chi connectivity index (χ3v) is 8.80. The highest BCUT2D eigenvalue weighted by Crippen LogP contribution is 2.28. The number of benzene rings is 2. The molecule has 1 saturated heterocycles. The average molecular weight is 473 g/mol. The Morgan fingerprint density at radius 3 is 2.30 bits per heavy atom. The fraction of sp³-hybridized carbons (Fsp3) is 0.333. The lowest BCUT2D eigenvalue weighted by Crippen LogP contribution is -2.35. The Morgan fingerprint density at radius 1 is 0.963 bits per heavy atom. The summed E-state index contributed by atoms with van der Waals surface area (Å²) in [5, 5.41) is 0. The molecule has 0 amide bonds. The molecule has 1 fully saturated rings. The molecule has 146 valence electrons. The Bertz CT molecular complexity index is 1050. The van der Waals surface area contributed by atoms with Crippen molar-refractivity contribution in [2.24, 2.45) is 0 Å². The molecular weight excluding hydrogens is 452 g/mol. The van der Waals surface area contributed by atoms with Crippen LogP contribution in [0, 0.1) is 6.92 Å². The third kappa shape index (κ3) is 4.37. The quantitative estimate of drug-likeness (QED) is 0.718. The minimum atomic E-state index is -3.86. The molecule has 0 aromatic heterocycles. The first-order valence-corrected chi connectivity index (χ1v) is 12.3. The highest BCUT2D eigenvalue weighted by molar-refractivity contribution is 9.10. The van der Waals surface area contributed by atoms with E-state index in [0.717, 1.165) is 19.3 Å². The van der Waals surface area contributed by atoms with E-state index in [1.807, 2.05) is 0 Å². The number of halogens is 1. The van der Waals surface area contributed by atoms with Crippen LogP contribution < -0.4 is 4.72 Å². The molecule has 0 atom stereocenters. The van der Waals surface area contributed by atoms with E-state index in [9.17, 15) is 16.8 Å². The van der Waals surface area contributed by atoms with E-state index in [4.69, 9.17) is 0 Å². The molecule has 2 aromatic rings. The van der Waals surface area contributed by atoms with E-state index in [-0.39, 0.29) is 15.5 Å². The summed E-state index contributed by atoms with van der Waals surface area (Å²) < 4.78 is 55.7. The zero-order valence-corrected chi connectivity index (χ0v) is 18.1. The van der Waals surface area contributed by atoms with Crippen molar-refractivity contribution in [2.75, 3.05) is 17.8 Å². The van der Waals surface area contributed by atoms with Crippen LogP contribution >= 0.6 is 15.9 Å². The molecule has 0 unspecified atom stereocenters. The van der Waals surface area contributed by atoms with Gasteiger partial charge in [-0.25, -0.2) is 16.8 Å². The SMILES string of the molecule is Cc1ccc(S(=O)(=O)N2CCCCC2)cc1NS(=O)(=O)c1ccccc1Br. The van der Waals surface area contributed by atoms with Crippen LogP contribution in [0.5, 0.6) is 0 Å². The normalized spacial score (nSPS) is 16.2. The summed E-state index contributed by atoms with van der Waals surface area (Å²) in [4.78, 5) is 0.188. The van der Waals surface area contributed by atoms with E-state index in [2.05, 4.69) is 20.7 Å². The number of nitrogens with zero attached hydrogens (tertiary/aromatic N) is 1. The summed E-state index contributed by atoms with van der Waals surface area (Å²) in [6, 6.07) is 11.0. The minimum absolute atomic E-state index is 0.0914. The van der Waals surface area contributed by atoms with Crippen molar-refractivity contribution in [3.8, 4) is 0 Å². The van der Waals surface area contributed by atoms with Crippen LogP contribution in [0.15, 0.2) is 56.7 Å². The van der Waals surface area contributed by atoms with Gasteiger partial charge in [0, 0.05) is 17.6 Å². The topological polar surface area (TPSA) is 83.6 Å². The molecule has 1 heterocycles.